The third-order valence-electron chi connectivity index (χ3n) is 2.79. The van der Waals surface area contributed by atoms with Crippen LogP contribution in [0.5, 0.6) is 0 Å². The van der Waals surface area contributed by atoms with E-state index >= 15 is 0 Å². The Labute approximate surface area is 109 Å². The van der Waals surface area contributed by atoms with Crippen LogP contribution in [0.1, 0.15) is 18.1 Å². The number of hydrogen-bond donors (Lipinski definition) is 0. The summed E-state index contributed by atoms with van der Waals surface area (Å²) in [6.07, 6.45) is 0. The Morgan fingerprint density at radius 3 is 2.61 bits per heavy atom. The Hall–Kier alpha value is -1.87. The molecule has 90 valence electrons. The molecular weight excluding hydrogens is 248 g/mol. The Kier molecular flexibility index (Phi) is 2.76. The zero-order chi connectivity index (χ0) is 12.5. The maximum absolute atomic E-state index is 5.91. The van der Waals surface area contributed by atoms with E-state index in [9.17, 15) is 0 Å². The lowest BCUT2D eigenvalue weighted by atomic mass is 10.1. The smallest absolute Gasteiger partial charge is 0.257 e. The minimum absolute atomic E-state index is 0.247. The lowest BCUT2D eigenvalue weighted by Gasteiger charge is -1.99. The van der Waals surface area contributed by atoms with Crippen LogP contribution in [-0.4, -0.2) is 10.1 Å². The molecule has 18 heavy (non-hydrogen) atoms. The van der Waals surface area contributed by atoms with Crippen molar-refractivity contribution in [3.63, 3.8) is 0 Å². The number of halogens is 1. The predicted octanol–water partition coefficient (Wildman–Crippen LogP) is 4.19. The molecule has 3 aromatic rings. The van der Waals surface area contributed by atoms with Crippen LogP contribution in [0.4, 0.5) is 0 Å². The molecule has 1 heterocycles. The van der Waals surface area contributed by atoms with E-state index in [2.05, 4.69) is 22.3 Å². The molecule has 1 aromatic heterocycles. The Bertz CT molecular complexity index is 691. The Balaban J connectivity index is 2.07. The first-order valence-electron chi connectivity index (χ1n) is 5.71. The summed E-state index contributed by atoms with van der Waals surface area (Å²) in [7, 11) is 0. The van der Waals surface area contributed by atoms with Crippen molar-refractivity contribution in [1.82, 2.24) is 10.1 Å². The van der Waals surface area contributed by atoms with Crippen LogP contribution >= 0.6 is 11.6 Å². The summed E-state index contributed by atoms with van der Waals surface area (Å²) in [5.74, 6) is 1.02. The molecule has 0 spiro atoms. The highest BCUT2D eigenvalue weighted by Gasteiger charge is 2.12. The molecule has 4 heteroatoms. The van der Waals surface area contributed by atoms with Crippen molar-refractivity contribution in [2.24, 2.45) is 0 Å². The highest BCUT2D eigenvalue weighted by molar-refractivity contribution is 6.20. The number of aromatic nitrogens is 2. The van der Waals surface area contributed by atoms with E-state index in [1.165, 1.54) is 5.39 Å². The molecular formula is C14H11ClN2O. The minimum Gasteiger partial charge on any atom is -0.334 e. The monoisotopic (exact) mass is 258 g/mol. The van der Waals surface area contributed by atoms with Crippen molar-refractivity contribution in [2.75, 3.05) is 0 Å². The molecule has 3 nitrogen and oxygen atoms in total. The molecule has 0 fully saturated rings. The van der Waals surface area contributed by atoms with Gasteiger partial charge in [0, 0.05) is 5.56 Å². The molecule has 0 amide bonds. The average Bonchev–Trinajstić information content (AvgIpc) is 2.88. The highest BCUT2D eigenvalue weighted by atomic mass is 35.5. The van der Waals surface area contributed by atoms with E-state index in [-0.39, 0.29) is 5.38 Å². The van der Waals surface area contributed by atoms with E-state index in [1.807, 2.05) is 37.3 Å². The second-order valence-corrected chi connectivity index (χ2v) is 4.79. The van der Waals surface area contributed by atoms with Crippen molar-refractivity contribution in [3.8, 4) is 11.5 Å². The standard InChI is InChI=1S/C14H11ClN2O/c1-9(15)13-16-14(18-17-13)12-7-6-10-4-2-3-5-11(10)8-12/h2-9H,1H3. The zero-order valence-electron chi connectivity index (χ0n) is 9.80. The summed E-state index contributed by atoms with van der Waals surface area (Å²) in [5, 5.41) is 5.94. The van der Waals surface area contributed by atoms with Crippen LogP contribution in [0, 0.1) is 0 Å². The summed E-state index contributed by atoms with van der Waals surface area (Å²) in [6.45, 7) is 1.82. The van der Waals surface area contributed by atoms with E-state index in [0.29, 0.717) is 11.7 Å². The first-order chi connectivity index (χ1) is 8.74. The molecule has 1 unspecified atom stereocenters. The fourth-order valence-electron chi connectivity index (χ4n) is 1.84. The van der Waals surface area contributed by atoms with Crippen molar-refractivity contribution in [1.29, 1.82) is 0 Å². The number of fused-ring (bicyclic) bond motifs is 1. The normalized spacial score (nSPS) is 12.8. The Morgan fingerprint density at radius 2 is 1.89 bits per heavy atom. The fraction of sp³-hybridized carbons (Fsp3) is 0.143. The van der Waals surface area contributed by atoms with Crippen LogP contribution in [0.3, 0.4) is 0 Å². The summed E-state index contributed by atoms with van der Waals surface area (Å²) >= 11 is 5.91. The number of nitrogens with zero attached hydrogens (tertiary/aromatic N) is 2. The topological polar surface area (TPSA) is 38.9 Å². The number of hydrogen-bond acceptors (Lipinski definition) is 3. The van der Waals surface area contributed by atoms with Gasteiger partial charge in [-0.2, -0.15) is 4.98 Å². The molecule has 2 aromatic carbocycles. The quantitative estimate of drug-likeness (QED) is 0.647. The second kappa shape index (κ2) is 4.42. The lowest BCUT2D eigenvalue weighted by Crippen LogP contribution is -1.86. The molecule has 1 atom stereocenters. The SMILES string of the molecule is CC(Cl)c1noc(-c2ccc3ccccc3c2)n1. The molecule has 0 N–H and O–H groups in total. The lowest BCUT2D eigenvalue weighted by molar-refractivity contribution is 0.422. The van der Waals surface area contributed by atoms with Gasteiger partial charge in [0.1, 0.15) is 0 Å². The molecule has 0 saturated carbocycles. The molecule has 0 radical (unpaired) electrons. The first-order valence-corrected chi connectivity index (χ1v) is 6.14. The fourth-order valence-corrected chi connectivity index (χ4v) is 1.92. The van der Waals surface area contributed by atoms with Crippen LogP contribution in [0.15, 0.2) is 47.0 Å². The van der Waals surface area contributed by atoms with E-state index in [1.54, 1.807) is 0 Å². The maximum atomic E-state index is 5.91. The number of benzene rings is 2. The van der Waals surface area contributed by atoms with E-state index < -0.39 is 0 Å². The van der Waals surface area contributed by atoms with E-state index in [0.717, 1.165) is 10.9 Å². The summed E-state index contributed by atoms with van der Waals surface area (Å²) in [5.41, 5.74) is 0.907. The van der Waals surface area contributed by atoms with Crippen molar-refractivity contribution >= 4 is 22.4 Å². The first kappa shape index (κ1) is 11.2. The van der Waals surface area contributed by atoms with Crippen molar-refractivity contribution in [3.05, 3.63) is 48.3 Å². The summed E-state index contributed by atoms with van der Waals surface area (Å²) in [6, 6.07) is 14.2. The third kappa shape index (κ3) is 1.97. The molecule has 0 aliphatic heterocycles. The molecule has 0 saturated heterocycles. The van der Waals surface area contributed by atoms with Gasteiger partial charge < -0.3 is 4.52 Å². The van der Waals surface area contributed by atoms with Gasteiger partial charge in [-0.1, -0.05) is 35.5 Å². The van der Waals surface area contributed by atoms with Gasteiger partial charge in [0.2, 0.25) is 0 Å². The van der Waals surface area contributed by atoms with E-state index in [4.69, 9.17) is 16.1 Å². The van der Waals surface area contributed by atoms with Gasteiger partial charge in [0.15, 0.2) is 5.82 Å². The molecule has 0 aliphatic rings. The van der Waals surface area contributed by atoms with Gasteiger partial charge in [-0.15, -0.1) is 11.6 Å². The molecule has 3 rings (SSSR count). The van der Waals surface area contributed by atoms with Crippen LogP contribution in [0.25, 0.3) is 22.2 Å². The van der Waals surface area contributed by atoms with Crippen molar-refractivity contribution < 1.29 is 4.52 Å². The van der Waals surface area contributed by atoms with Gasteiger partial charge in [-0.3, -0.25) is 0 Å². The van der Waals surface area contributed by atoms with Gasteiger partial charge >= 0.3 is 0 Å². The minimum atomic E-state index is -0.247. The highest BCUT2D eigenvalue weighted by Crippen LogP contribution is 2.25. The summed E-state index contributed by atoms with van der Waals surface area (Å²) in [4.78, 5) is 4.28. The zero-order valence-corrected chi connectivity index (χ0v) is 10.6. The maximum Gasteiger partial charge on any atom is 0.257 e. The third-order valence-corrected chi connectivity index (χ3v) is 2.99. The number of rotatable bonds is 2. The largest absolute Gasteiger partial charge is 0.334 e. The van der Waals surface area contributed by atoms with Gasteiger partial charge in [-0.25, -0.2) is 0 Å². The molecule has 0 bridgehead atoms. The average molecular weight is 259 g/mol. The predicted molar refractivity (Wildman–Crippen MR) is 71.5 cm³/mol. The van der Waals surface area contributed by atoms with Gasteiger partial charge in [0.05, 0.1) is 5.38 Å². The van der Waals surface area contributed by atoms with Crippen LogP contribution < -0.4 is 0 Å². The van der Waals surface area contributed by atoms with Crippen LogP contribution in [-0.2, 0) is 0 Å². The summed E-state index contributed by atoms with van der Waals surface area (Å²) < 4.78 is 5.22. The van der Waals surface area contributed by atoms with Gasteiger partial charge in [-0.05, 0) is 29.8 Å². The molecule has 0 aliphatic carbocycles. The Morgan fingerprint density at radius 1 is 1.11 bits per heavy atom. The van der Waals surface area contributed by atoms with Gasteiger partial charge in [0.25, 0.3) is 5.89 Å². The van der Waals surface area contributed by atoms with Crippen molar-refractivity contribution in [2.45, 2.75) is 12.3 Å². The van der Waals surface area contributed by atoms with Crippen LogP contribution in [0.2, 0.25) is 0 Å². The number of alkyl halides is 1. The second-order valence-electron chi connectivity index (χ2n) is 4.14.